The Labute approximate surface area is 93.1 Å². The molecule has 0 spiro atoms. The van der Waals surface area contributed by atoms with Gasteiger partial charge in [-0.25, -0.2) is 0 Å². The van der Waals surface area contributed by atoms with Crippen molar-refractivity contribution < 1.29 is 0 Å². The topological polar surface area (TPSA) is 3.24 Å². The fraction of sp³-hybridized carbons (Fsp3) is 0.571. The van der Waals surface area contributed by atoms with Gasteiger partial charge in [0.15, 0.2) is 0 Å². The maximum Gasteiger partial charge on any atom is 0.0239 e. The molecule has 1 aliphatic heterocycles. The normalized spacial score (nSPS) is 27.9. The van der Waals surface area contributed by atoms with Gasteiger partial charge in [0.05, 0.1) is 0 Å². The molecular formula is C14H21N. The smallest absolute Gasteiger partial charge is 0.0239 e. The second-order valence-corrected chi connectivity index (χ2v) is 4.79. The van der Waals surface area contributed by atoms with Crippen molar-refractivity contribution in [3.8, 4) is 0 Å². The summed E-state index contributed by atoms with van der Waals surface area (Å²) in [6.45, 7) is 5.83. The zero-order valence-corrected chi connectivity index (χ0v) is 9.82. The van der Waals surface area contributed by atoms with Gasteiger partial charge in [0.2, 0.25) is 0 Å². The molecule has 2 atom stereocenters. The number of likely N-dealkylation sites (tertiary alicyclic amines) is 1. The van der Waals surface area contributed by atoms with E-state index < -0.39 is 0 Å². The zero-order chi connectivity index (χ0) is 10.7. The predicted octanol–water partition coefficient (Wildman–Crippen LogP) is 3.45. The van der Waals surface area contributed by atoms with Crippen LogP contribution in [0.1, 0.15) is 38.7 Å². The molecule has 0 saturated carbocycles. The van der Waals surface area contributed by atoms with Crippen LogP contribution in [0.5, 0.6) is 0 Å². The molecular weight excluding hydrogens is 182 g/mol. The Bertz CT molecular complexity index is 283. The van der Waals surface area contributed by atoms with E-state index in [9.17, 15) is 0 Å². The molecule has 0 aromatic heterocycles. The molecule has 0 amide bonds. The lowest BCUT2D eigenvalue weighted by Crippen LogP contribution is -2.42. The van der Waals surface area contributed by atoms with E-state index in [1.807, 2.05) is 0 Å². The van der Waals surface area contributed by atoms with Crippen LogP contribution in [0.2, 0.25) is 0 Å². The average Bonchev–Trinajstić information content (AvgIpc) is 2.25. The first-order valence-corrected chi connectivity index (χ1v) is 6.07. The number of rotatable bonds is 2. The van der Waals surface area contributed by atoms with E-state index in [0.717, 1.165) is 18.6 Å². The molecule has 1 aromatic rings. The zero-order valence-electron chi connectivity index (χ0n) is 9.82. The van der Waals surface area contributed by atoms with Crippen LogP contribution in [0.4, 0.5) is 0 Å². The number of piperidine rings is 1. The van der Waals surface area contributed by atoms with Crippen molar-refractivity contribution in [1.29, 1.82) is 0 Å². The first-order valence-electron chi connectivity index (χ1n) is 6.07. The maximum absolute atomic E-state index is 2.64. The Hall–Kier alpha value is -0.820. The molecule has 2 rings (SSSR count). The van der Waals surface area contributed by atoms with Gasteiger partial charge in [-0.15, -0.1) is 0 Å². The van der Waals surface area contributed by atoms with Gasteiger partial charge in [0, 0.05) is 18.6 Å². The van der Waals surface area contributed by atoms with Gasteiger partial charge in [-0.2, -0.15) is 0 Å². The van der Waals surface area contributed by atoms with Crippen molar-refractivity contribution in [3.63, 3.8) is 0 Å². The molecule has 0 bridgehead atoms. The first-order chi connectivity index (χ1) is 7.27. The largest absolute Gasteiger partial charge is 0.294 e. The quantitative estimate of drug-likeness (QED) is 0.711. The van der Waals surface area contributed by atoms with E-state index in [-0.39, 0.29) is 0 Å². The van der Waals surface area contributed by atoms with Gasteiger partial charge in [0.1, 0.15) is 0 Å². The van der Waals surface area contributed by atoms with Crippen molar-refractivity contribution in [2.75, 3.05) is 0 Å². The number of nitrogens with zero attached hydrogens (tertiary/aromatic N) is 1. The lowest BCUT2D eigenvalue weighted by Gasteiger charge is -2.39. The van der Waals surface area contributed by atoms with Crippen molar-refractivity contribution in [2.24, 2.45) is 0 Å². The number of hydrogen-bond donors (Lipinski definition) is 0. The summed E-state index contributed by atoms with van der Waals surface area (Å²) in [6, 6.07) is 12.3. The lowest BCUT2D eigenvalue weighted by atomic mass is 9.97. The molecule has 15 heavy (non-hydrogen) atoms. The molecule has 1 aromatic carbocycles. The summed E-state index contributed by atoms with van der Waals surface area (Å²) in [4.78, 5) is 2.64. The Kier molecular flexibility index (Phi) is 3.42. The van der Waals surface area contributed by atoms with Crippen molar-refractivity contribution >= 4 is 0 Å². The first kappa shape index (κ1) is 10.7. The van der Waals surface area contributed by atoms with Gasteiger partial charge in [-0.05, 0) is 32.3 Å². The predicted molar refractivity (Wildman–Crippen MR) is 64.8 cm³/mol. The van der Waals surface area contributed by atoms with Gasteiger partial charge in [-0.3, -0.25) is 4.90 Å². The van der Waals surface area contributed by atoms with Crippen LogP contribution in [0, 0.1) is 0 Å². The van der Waals surface area contributed by atoms with Crippen LogP contribution >= 0.6 is 0 Å². The highest BCUT2D eigenvalue weighted by Gasteiger charge is 2.24. The van der Waals surface area contributed by atoms with E-state index in [0.29, 0.717) is 0 Å². The average molecular weight is 203 g/mol. The molecule has 0 unspecified atom stereocenters. The van der Waals surface area contributed by atoms with Gasteiger partial charge in [-0.1, -0.05) is 36.8 Å². The standard InChI is InChI=1S/C14H21N/c1-12-7-6-8-13(2)15(12)11-14-9-4-3-5-10-14/h3-5,9-10,12-13H,6-8,11H2,1-2H3/t12-,13-/m0/s1. The molecule has 0 radical (unpaired) electrons. The van der Waals surface area contributed by atoms with Crippen molar-refractivity contribution in [2.45, 2.75) is 51.7 Å². The summed E-state index contributed by atoms with van der Waals surface area (Å²) in [5.74, 6) is 0. The minimum absolute atomic E-state index is 0.744. The molecule has 0 N–H and O–H groups in total. The Morgan fingerprint density at radius 1 is 1.07 bits per heavy atom. The van der Waals surface area contributed by atoms with Crippen LogP contribution in [0.15, 0.2) is 30.3 Å². The third kappa shape index (κ3) is 2.60. The Balaban J connectivity index is 2.03. The summed E-state index contributed by atoms with van der Waals surface area (Å²) in [6.07, 6.45) is 4.11. The van der Waals surface area contributed by atoms with Crippen LogP contribution in [-0.4, -0.2) is 17.0 Å². The van der Waals surface area contributed by atoms with E-state index in [4.69, 9.17) is 0 Å². The van der Waals surface area contributed by atoms with E-state index in [2.05, 4.69) is 49.1 Å². The van der Waals surface area contributed by atoms with Crippen LogP contribution in [0.25, 0.3) is 0 Å². The molecule has 1 nitrogen and oxygen atoms in total. The Morgan fingerprint density at radius 2 is 1.67 bits per heavy atom. The molecule has 1 saturated heterocycles. The molecule has 0 aliphatic carbocycles. The van der Waals surface area contributed by atoms with Crippen molar-refractivity contribution in [3.05, 3.63) is 35.9 Å². The van der Waals surface area contributed by atoms with E-state index >= 15 is 0 Å². The van der Waals surface area contributed by atoms with Gasteiger partial charge in [0.25, 0.3) is 0 Å². The monoisotopic (exact) mass is 203 g/mol. The molecule has 1 heteroatoms. The highest BCUT2D eigenvalue weighted by atomic mass is 15.2. The molecule has 82 valence electrons. The van der Waals surface area contributed by atoms with Crippen LogP contribution < -0.4 is 0 Å². The summed E-state index contributed by atoms with van der Waals surface area (Å²) >= 11 is 0. The highest BCUT2D eigenvalue weighted by molar-refractivity contribution is 5.14. The minimum atomic E-state index is 0.744. The van der Waals surface area contributed by atoms with E-state index in [1.54, 1.807) is 0 Å². The third-order valence-corrected chi connectivity index (χ3v) is 3.58. The van der Waals surface area contributed by atoms with Crippen LogP contribution in [0.3, 0.4) is 0 Å². The highest BCUT2D eigenvalue weighted by Crippen LogP contribution is 2.24. The SMILES string of the molecule is C[C@H]1CCC[C@H](C)N1Cc1ccccc1. The summed E-state index contributed by atoms with van der Waals surface area (Å²) < 4.78 is 0. The van der Waals surface area contributed by atoms with Crippen LogP contribution in [-0.2, 0) is 6.54 Å². The summed E-state index contributed by atoms with van der Waals surface area (Å²) in [5.41, 5.74) is 1.44. The number of hydrogen-bond acceptors (Lipinski definition) is 1. The molecule has 1 heterocycles. The third-order valence-electron chi connectivity index (χ3n) is 3.58. The van der Waals surface area contributed by atoms with E-state index in [1.165, 1.54) is 24.8 Å². The second-order valence-electron chi connectivity index (χ2n) is 4.79. The fourth-order valence-electron chi connectivity index (χ4n) is 2.58. The van der Waals surface area contributed by atoms with Gasteiger partial charge < -0.3 is 0 Å². The van der Waals surface area contributed by atoms with Crippen molar-refractivity contribution in [1.82, 2.24) is 4.90 Å². The molecule has 1 fully saturated rings. The summed E-state index contributed by atoms with van der Waals surface area (Å²) in [7, 11) is 0. The minimum Gasteiger partial charge on any atom is -0.294 e. The molecule has 1 aliphatic rings. The summed E-state index contributed by atoms with van der Waals surface area (Å²) in [5, 5.41) is 0. The fourth-order valence-corrected chi connectivity index (χ4v) is 2.58. The Morgan fingerprint density at radius 3 is 2.27 bits per heavy atom. The second kappa shape index (κ2) is 4.80. The number of benzene rings is 1. The lowest BCUT2D eigenvalue weighted by molar-refractivity contribution is 0.0953. The maximum atomic E-state index is 2.64. The van der Waals surface area contributed by atoms with Gasteiger partial charge >= 0.3 is 0 Å².